The standard InChI is InChI=1S/C11H22O2Si/c1-4-12-14(3,13-5-2)11-9-7-6-8-10-11/h7,9,11H,4-6,8,10H2,1-3H3. The first-order valence-electron chi connectivity index (χ1n) is 5.67. The minimum Gasteiger partial charge on any atom is -0.394 e. The van der Waals surface area contributed by atoms with Crippen molar-refractivity contribution in [1.82, 2.24) is 0 Å². The second-order valence-electron chi connectivity index (χ2n) is 3.85. The Morgan fingerprint density at radius 3 is 2.36 bits per heavy atom. The molecule has 0 aromatic heterocycles. The maximum Gasteiger partial charge on any atom is 0.342 e. The third-order valence-electron chi connectivity index (χ3n) is 2.79. The zero-order chi connectivity index (χ0) is 10.4. The summed E-state index contributed by atoms with van der Waals surface area (Å²) in [5, 5.41) is 0. The lowest BCUT2D eigenvalue weighted by Crippen LogP contribution is -2.43. The van der Waals surface area contributed by atoms with Crippen LogP contribution in [0.4, 0.5) is 0 Å². The molecule has 0 fully saturated rings. The van der Waals surface area contributed by atoms with Gasteiger partial charge in [-0.2, -0.15) is 0 Å². The van der Waals surface area contributed by atoms with Crippen LogP contribution in [0.25, 0.3) is 0 Å². The van der Waals surface area contributed by atoms with E-state index in [2.05, 4.69) is 32.5 Å². The normalized spacial score (nSPS) is 22.6. The summed E-state index contributed by atoms with van der Waals surface area (Å²) >= 11 is 0. The number of hydrogen-bond acceptors (Lipinski definition) is 2. The summed E-state index contributed by atoms with van der Waals surface area (Å²) in [5.74, 6) is 0. The second-order valence-corrected chi connectivity index (χ2v) is 7.20. The molecule has 1 aliphatic carbocycles. The lowest BCUT2D eigenvalue weighted by molar-refractivity contribution is 0.181. The van der Waals surface area contributed by atoms with E-state index in [9.17, 15) is 0 Å². The van der Waals surface area contributed by atoms with Gasteiger partial charge in [0.1, 0.15) is 0 Å². The van der Waals surface area contributed by atoms with Gasteiger partial charge in [0.25, 0.3) is 0 Å². The van der Waals surface area contributed by atoms with E-state index in [0.717, 1.165) is 13.2 Å². The van der Waals surface area contributed by atoms with Gasteiger partial charge in [0.2, 0.25) is 0 Å². The minimum atomic E-state index is -1.94. The molecular formula is C11H22O2Si. The quantitative estimate of drug-likeness (QED) is 0.517. The van der Waals surface area contributed by atoms with E-state index >= 15 is 0 Å². The lowest BCUT2D eigenvalue weighted by atomic mass is 10.1. The molecule has 1 rings (SSSR count). The fraction of sp³-hybridized carbons (Fsp3) is 0.818. The fourth-order valence-corrected chi connectivity index (χ4v) is 4.95. The van der Waals surface area contributed by atoms with E-state index in [0.29, 0.717) is 5.54 Å². The van der Waals surface area contributed by atoms with Gasteiger partial charge >= 0.3 is 8.56 Å². The Morgan fingerprint density at radius 1 is 1.29 bits per heavy atom. The van der Waals surface area contributed by atoms with Crippen LogP contribution in [0.1, 0.15) is 33.1 Å². The van der Waals surface area contributed by atoms with Crippen LogP contribution in [0.15, 0.2) is 12.2 Å². The summed E-state index contributed by atoms with van der Waals surface area (Å²) in [6.45, 7) is 7.84. The molecule has 0 aromatic carbocycles. The molecule has 2 nitrogen and oxygen atoms in total. The molecule has 0 aromatic rings. The van der Waals surface area contributed by atoms with Gasteiger partial charge in [0, 0.05) is 18.8 Å². The highest BCUT2D eigenvalue weighted by atomic mass is 28.4. The average molecular weight is 214 g/mol. The van der Waals surface area contributed by atoms with Crippen molar-refractivity contribution in [2.75, 3.05) is 13.2 Å². The summed E-state index contributed by atoms with van der Waals surface area (Å²) in [6, 6.07) is 0. The third kappa shape index (κ3) is 2.94. The van der Waals surface area contributed by atoms with Crippen molar-refractivity contribution in [1.29, 1.82) is 0 Å². The van der Waals surface area contributed by atoms with Gasteiger partial charge in [0.05, 0.1) is 0 Å². The van der Waals surface area contributed by atoms with Gasteiger partial charge in [-0.05, 0) is 39.7 Å². The Kier molecular flexibility index (Phi) is 4.85. The smallest absolute Gasteiger partial charge is 0.342 e. The molecule has 1 unspecified atom stereocenters. The van der Waals surface area contributed by atoms with Crippen LogP contribution in [0.5, 0.6) is 0 Å². The Morgan fingerprint density at radius 2 is 1.93 bits per heavy atom. The highest BCUT2D eigenvalue weighted by Crippen LogP contribution is 2.33. The molecule has 0 bridgehead atoms. The minimum absolute atomic E-state index is 0.552. The highest BCUT2D eigenvalue weighted by molar-refractivity contribution is 6.68. The van der Waals surface area contributed by atoms with E-state index in [4.69, 9.17) is 8.85 Å². The van der Waals surface area contributed by atoms with Crippen LogP contribution >= 0.6 is 0 Å². The van der Waals surface area contributed by atoms with E-state index in [-0.39, 0.29) is 0 Å². The Bertz CT molecular complexity index is 186. The van der Waals surface area contributed by atoms with Gasteiger partial charge in [-0.15, -0.1) is 0 Å². The van der Waals surface area contributed by atoms with Crippen LogP contribution in [0, 0.1) is 0 Å². The molecule has 3 heteroatoms. The lowest BCUT2D eigenvalue weighted by Gasteiger charge is -2.33. The second kappa shape index (κ2) is 5.68. The van der Waals surface area contributed by atoms with Crippen LogP contribution < -0.4 is 0 Å². The van der Waals surface area contributed by atoms with E-state index in [1.807, 2.05) is 0 Å². The molecule has 0 aliphatic heterocycles. The first-order chi connectivity index (χ1) is 6.73. The fourth-order valence-electron chi connectivity index (χ4n) is 2.08. The van der Waals surface area contributed by atoms with Gasteiger partial charge in [-0.1, -0.05) is 12.2 Å². The van der Waals surface area contributed by atoms with Crippen LogP contribution in [0.2, 0.25) is 12.1 Å². The van der Waals surface area contributed by atoms with Gasteiger partial charge in [0.15, 0.2) is 0 Å². The molecule has 0 heterocycles. The Balaban J connectivity index is 2.63. The summed E-state index contributed by atoms with van der Waals surface area (Å²) in [5.41, 5.74) is 0.552. The zero-order valence-corrected chi connectivity index (χ0v) is 10.6. The number of allylic oxidation sites excluding steroid dienone is 2. The van der Waals surface area contributed by atoms with Crippen molar-refractivity contribution in [2.45, 2.75) is 45.2 Å². The molecule has 0 spiro atoms. The molecule has 0 saturated carbocycles. The van der Waals surface area contributed by atoms with Gasteiger partial charge < -0.3 is 8.85 Å². The van der Waals surface area contributed by atoms with E-state index < -0.39 is 8.56 Å². The molecule has 0 radical (unpaired) electrons. The summed E-state index contributed by atoms with van der Waals surface area (Å²) in [7, 11) is -1.94. The monoisotopic (exact) mass is 214 g/mol. The molecule has 1 atom stereocenters. The molecule has 0 N–H and O–H groups in total. The predicted molar refractivity (Wildman–Crippen MR) is 61.6 cm³/mol. The summed E-state index contributed by atoms with van der Waals surface area (Å²) < 4.78 is 11.7. The first-order valence-corrected chi connectivity index (χ1v) is 8.07. The largest absolute Gasteiger partial charge is 0.394 e. The topological polar surface area (TPSA) is 18.5 Å². The Labute approximate surface area is 88.5 Å². The van der Waals surface area contributed by atoms with Gasteiger partial charge in [-0.25, -0.2) is 0 Å². The van der Waals surface area contributed by atoms with Crippen LogP contribution in [-0.4, -0.2) is 21.8 Å². The molecule has 82 valence electrons. The average Bonchev–Trinajstić information content (AvgIpc) is 2.20. The van der Waals surface area contributed by atoms with Gasteiger partial charge in [-0.3, -0.25) is 0 Å². The van der Waals surface area contributed by atoms with Crippen molar-refractivity contribution >= 4 is 8.56 Å². The van der Waals surface area contributed by atoms with Crippen molar-refractivity contribution in [3.05, 3.63) is 12.2 Å². The molecular weight excluding hydrogens is 192 g/mol. The van der Waals surface area contributed by atoms with Crippen LogP contribution in [-0.2, 0) is 8.85 Å². The number of hydrogen-bond donors (Lipinski definition) is 0. The SMILES string of the molecule is CCO[Si](C)(OCC)C1C=CCCC1. The van der Waals surface area contributed by atoms with Crippen molar-refractivity contribution in [3.63, 3.8) is 0 Å². The van der Waals surface area contributed by atoms with Crippen LogP contribution in [0.3, 0.4) is 0 Å². The summed E-state index contributed by atoms with van der Waals surface area (Å²) in [4.78, 5) is 0. The molecule has 0 amide bonds. The van der Waals surface area contributed by atoms with Crippen molar-refractivity contribution < 1.29 is 8.85 Å². The third-order valence-corrected chi connectivity index (χ3v) is 6.34. The maximum absolute atomic E-state index is 5.87. The molecule has 14 heavy (non-hydrogen) atoms. The molecule has 0 saturated heterocycles. The zero-order valence-electron chi connectivity index (χ0n) is 9.58. The van der Waals surface area contributed by atoms with Crippen molar-refractivity contribution in [3.8, 4) is 0 Å². The number of rotatable bonds is 5. The predicted octanol–water partition coefficient (Wildman–Crippen LogP) is 3.24. The van der Waals surface area contributed by atoms with E-state index in [1.54, 1.807) is 0 Å². The maximum atomic E-state index is 5.87. The summed E-state index contributed by atoms with van der Waals surface area (Å²) in [6.07, 6.45) is 8.32. The Hall–Kier alpha value is -0.123. The van der Waals surface area contributed by atoms with E-state index in [1.165, 1.54) is 19.3 Å². The first kappa shape index (κ1) is 11.9. The highest BCUT2D eigenvalue weighted by Gasteiger charge is 2.39. The molecule has 1 aliphatic rings. The van der Waals surface area contributed by atoms with Crippen molar-refractivity contribution in [2.24, 2.45) is 0 Å².